The number of hydrogen-bond acceptors (Lipinski definition) is 4. The van der Waals surface area contributed by atoms with Gasteiger partial charge in [-0.3, -0.25) is 0 Å². The second-order valence-corrected chi connectivity index (χ2v) is 5.67. The first-order valence-corrected chi connectivity index (χ1v) is 7.64. The van der Waals surface area contributed by atoms with Gasteiger partial charge in [-0.05, 0) is 49.4 Å². The number of pyridine rings is 1. The highest BCUT2D eigenvalue weighted by atomic mass is 16.5. The van der Waals surface area contributed by atoms with Crippen LogP contribution < -0.4 is 10.2 Å². The quantitative estimate of drug-likeness (QED) is 0.866. The number of piperidine rings is 1. The zero-order valence-electron chi connectivity index (χ0n) is 13.0. The van der Waals surface area contributed by atoms with E-state index in [0.29, 0.717) is 5.92 Å². The number of aryl methyl sites for hydroxylation is 1. The van der Waals surface area contributed by atoms with Crippen LogP contribution in [0.25, 0.3) is 0 Å². The fourth-order valence-electron chi connectivity index (χ4n) is 2.95. The van der Waals surface area contributed by atoms with Crippen molar-refractivity contribution in [3.05, 3.63) is 23.4 Å². The molecular weight excluding hydrogens is 250 g/mol. The Hall–Kier alpha value is -1.13. The maximum absolute atomic E-state index is 5.30. The average molecular weight is 277 g/mol. The van der Waals surface area contributed by atoms with Crippen molar-refractivity contribution in [3.63, 3.8) is 0 Å². The van der Waals surface area contributed by atoms with Gasteiger partial charge in [0.25, 0.3) is 0 Å². The van der Waals surface area contributed by atoms with Crippen LogP contribution in [0.5, 0.6) is 0 Å². The Bertz CT molecular complexity index is 420. The lowest BCUT2D eigenvalue weighted by atomic mass is 9.98. The van der Waals surface area contributed by atoms with Crippen molar-refractivity contribution in [1.29, 1.82) is 0 Å². The molecule has 0 spiro atoms. The van der Waals surface area contributed by atoms with Crippen LogP contribution in [0, 0.1) is 12.8 Å². The fraction of sp³-hybridized carbons (Fsp3) is 0.688. The minimum absolute atomic E-state index is 0.636. The fourth-order valence-corrected chi connectivity index (χ4v) is 2.95. The summed E-state index contributed by atoms with van der Waals surface area (Å²) in [6.07, 6.45) is 4.50. The Morgan fingerprint density at radius 1 is 1.50 bits per heavy atom. The van der Waals surface area contributed by atoms with Crippen LogP contribution in [0.4, 0.5) is 5.82 Å². The Kier molecular flexibility index (Phi) is 5.80. The molecule has 112 valence electrons. The van der Waals surface area contributed by atoms with Gasteiger partial charge in [-0.1, -0.05) is 6.92 Å². The molecule has 1 unspecified atom stereocenters. The summed E-state index contributed by atoms with van der Waals surface area (Å²) in [6, 6.07) is 2.25. The first kappa shape index (κ1) is 15.3. The normalized spacial score (nSPS) is 19.4. The maximum atomic E-state index is 5.30. The van der Waals surface area contributed by atoms with Crippen LogP contribution in [0.2, 0.25) is 0 Å². The molecule has 0 bridgehead atoms. The summed E-state index contributed by atoms with van der Waals surface area (Å²) in [7, 11) is 1.79. The van der Waals surface area contributed by atoms with E-state index >= 15 is 0 Å². The third kappa shape index (κ3) is 3.93. The molecule has 0 aliphatic carbocycles. The van der Waals surface area contributed by atoms with E-state index in [9.17, 15) is 0 Å². The summed E-state index contributed by atoms with van der Waals surface area (Å²) >= 11 is 0. The van der Waals surface area contributed by atoms with Crippen molar-refractivity contribution < 1.29 is 4.74 Å². The lowest BCUT2D eigenvalue weighted by Crippen LogP contribution is -2.38. The first-order valence-electron chi connectivity index (χ1n) is 7.64. The number of nitrogens with one attached hydrogen (secondary N) is 1. The van der Waals surface area contributed by atoms with Gasteiger partial charge in [0.1, 0.15) is 5.82 Å². The minimum Gasteiger partial charge on any atom is -0.384 e. The predicted octanol–water partition coefficient (Wildman–Crippen LogP) is 2.36. The molecule has 1 aromatic rings. The Labute approximate surface area is 122 Å². The number of ether oxygens (including phenoxy) is 1. The van der Waals surface area contributed by atoms with Crippen LogP contribution in [0.1, 0.15) is 30.9 Å². The molecule has 0 aromatic carbocycles. The van der Waals surface area contributed by atoms with E-state index in [1.165, 1.54) is 24.0 Å². The molecule has 20 heavy (non-hydrogen) atoms. The molecule has 1 fully saturated rings. The van der Waals surface area contributed by atoms with E-state index in [1.54, 1.807) is 7.11 Å². The molecule has 0 saturated carbocycles. The van der Waals surface area contributed by atoms with Crippen molar-refractivity contribution in [1.82, 2.24) is 10.3 Å². The van der Waals surface area contributed by atoms with Gasteiger partial charge in [-0.15, -0.1) is 0 Å². The van der Waals surface area contributed by atoms with E-state index in [2.05, 4.69) is 30.1 Å². The third-order valence-corrected chi connectivity index (χ3v) is 3.91. The van der Waals surface area contributed by atoms with Crippen molar-refractivity contribution in [2.75, 3.05) is 38.3 Å². The van der Waals surface area contributed by atoms with Gasteiger partial charge in [0.2, 0.25) is 0 Å². The average Bonchev–Trinajstić information content (AvgIpc) is 2.46. The Balaban J connectivity index is 2.04. The van der Waals surface area contributed by atoms with Gasteiger partial charge in [0.15, 0.2) is 0 Å². The van der Waals surface area contributed by atoms with Crippen molar-refractivity contribution in [2.24, 2.45) is 5.92 Å². The highest BCUT2D eigenvalue weighted by Crippen LogP contribution is 2.24. The monoisotopic (exact) mass is 277 g/mol. The van der Waals surface area contributed by atoms with Gasteiger partial charge in [-0.25, -0.2) is 4.98 Å². The highest BCUT2D eigenvalue weighted by Gasteiger charge is 2.21. The summed E-state index contributed by atoms with van der Waals surface area (Å²) in [4.78, 5) is 7.11. The van der Waals surface area contributed by atoms with Crippen LogP contribution in [0.15, 0.2) is 12.3 Å². The first-order chi connectivity index (χ1) is 9.74. The molecule has 1 atom stereocenters. The topological polar surface area (TPSA) is 37.4 Å². The number of anilines is 1. The van der Waals surface area contributed by atoms with E-state index in [1.807, 2.05) is 6.20 Å². The molecular formula is C16H27N3O. The van der Waals surface area contributed by atoms with Gasteiger partial charge in [0, 0.05) is 32.9 Å². The van der Waals surface area contributed by atoms with Crippen molar-refractivity contribution in [2.45, 2.75) is 33.2 Å². The van der Waals surface area contributed by atoms with Crippen molar-refractivity contribution in [3.8, 4) is 0 Å². The van der Waals surface area contributed by atoms with E-state index in [0.717, 1.165) is 38.6 Å². The van der Waals surface area contributed by atoms with E-state index in [4.69, 9.17) is 9.72 Å². The van der Waals surface area contributed by atoms with Crippen molar-refractivity contribution >= 4 is 5.82 Å². The van der Waals surface area contributed by atoms with Gasteiger partial charge < -0.3 is 15.0 Å². The summed E-state index contributed by atoms with van der Waals surface area (Å²) in [6.45, 7) is 9.21. The Morgan fingerprint density at radius 2 is 2.35 bits per heavy atom. The predicted molar refractivity (Wildman–Crippen MR) is 83.2 cm³/mol. The third-order valence-electron chi connectivity index (χ3n) is 3.91. The molecule has 0 amide bonds. The second kappa shape index (κ2) is 7.60. The molecule has 4 nitrogen and oxygen atoms in total. The SMILES string of the molecule is CCNCc1cnc(N2CCCC(COC)C2)c(C)c1. The zero-order valence-corrected chi connectivity index (χ0v) is 13.0. The number of nitrogens with zero attached hydrogens (tertiary/aromatic N) is 2. The lowest BCUT2D eigenvalue weighted by Gasteiger charge is -2.34. The molecule has 4 heteroatoms. The molecule has 2 rings (SSSR count). The second-order valence-electron chi connectivity index (χ2n) is 5.67. The summed E-state index contributed by atoms with van der Waals surface area (Å²) in [5.41, 5.74) is 2.54. The molecule has 1 aliphatic heterocycles. The smallest absolute Gasteiger partial charge is 0.131 e. The largest absolute Gasteiger partial charge is 0.384 e. The molecule has 0 radical (unpaired) electrons. The zero-order chi connectivity index (χ0) is 14.4. The van der Waals surface area contributed by atoms with Crippen LogP contribution in [0.3, 0.4) is 0 Å². The molecule has 1 aromatic heterocycles. The Morgan fingerprint density at radius 3 is 3.05 bits per heavy atom. The number of rotatable bonds is 6. The molecule has 1 saturated heterocycles. The van der Waals surface area contributed by atoms with Gasteiger partial charge in [-0.2, -0.15) is 0 Å². The van der Waals surface area contributed by atoms with Crippen LogP contribution in [-0.4, -0.2) is 38.3 Å². The standard InChI is InChI=1S/C16H27N3O/c1-4-17-9-15-8-13(2)16(18-10-15)19-7-5-6-14(11-19)12-20-3/h8,10,14,17H,4-7,9,11-12H2,1-3H3. The highest BCUT2D eigenvalue weighted by molar-refractivity contribution is 5.47. The van der Waals surface area contributed by atoms with E-state index in [-0.39, 0.29) is 0 Å². The lowest BCUT2D eigenvalue weighted by molar-refractivity contribution is 0.143. The molecule has 1 N–H and O–H groups in total. The van der Waals surface area contributed by atoms with E-state index < -0.39 is 0 Å². The summed E-state index contributed by atoms with van der Waals surface area (Å²) in [5, 5.41) is 3.34. The van der Waals surface area contributed by atoms with Crippen LogP contribution in [-0.2, 0) is 11.3 Å². The number of methoxy groups -OCH3 is 1. The molecule has 2 heterocycles. The summed E-state index contributed by atoms with van der Waals surface area (Å²) < 4.78 is 5.30. The summed E-state index contributed by atoms with van der Waals surface area (Å²) in [5.74, 6) is 1.78. The van der Waals surface area contributed by atoms with Gasteiger partial charge >= 0.3 is 0 Å². The number of aromatic nitrogens is 1. The maximum Gasteiger partial charge on any atom is 0.131 e. The molecule has 1 aliphatic rings. The van der Waals surface area contributed by atoms with Crippen LogP contribution >= 0.6 is 0 Å². The number of hydrogen-bond donors (Lipinski definition) is 1. The van der Waals surface area contributed by atoms with Gasteiger partial charge in [0.05, 0.1) is 6.61 Å². The minimum atomic E-state index is 0.636.